The van der Waals surface area contributed by atoms with Crippen LogP contribution in [-0.4, -0.2) is 32.7 Å². The van der Waals surface area contributed by atoms with Crippen molar-refractivity contribution in [1.82, 2.24) is 20.0 Å². The largest absolute Gasteiger partial charge is 0.438 e. The van der Waals surface area contributed by atoms with Crippen molar-refractivity contribution >= 4 is 17.6 Å². The maximum absolute atomic E-state index is 13.3. The number of aromatic nitrogens is 4. The van der Waals surface area contributed by atoms with Crippen molar-refractivity contribution in [3.8, 4) is 11.4 Å². The number of amides is 1. The molecule has 0 saturated heterocycles. The number of pyridine rings is 1. The molecule has 1 aromatic carbocycles. The molecule has 3 rings (SSSR count). The van der Waals surface area contributed by atoms with Gasteiger partial charge in [0.05, 0.1) is 17.6 Å². The highest BCUT2D eigenvalue weighted by Crippen LogP contribution is 2.25. The molecule has 0 aliphatic rings. The zero-order chi connectivity index (χ0) is 19.4. The lowest BCUT2D eigenvalue weighted by molar-refractivity contribution is 0.0926. The minimum atomic E-state index is -1.25. The number of carbonyl (C=O) groups excluding carboxylic acids is 1. The molecule has 0 radical (unpaired) electrons. The number of ether oxygens (including phenoxy) is 1. The van der Waals surface area contributed by atoms with E-state index in [1.54, 1.807) is 19.2 Å². The van der Waals surface area contributed by atoms with Crippen molar-refractivity contribution in [2.24, 2.45) is 7.05 Å². The van der Waals surface area contributed by atoms with Gasteiger partial charge in [0.25, 0.3) is 0 Å². The first-order chi connectivity index (χ1) is 13.0. The molecule has 0 aliphatic heterocycles. The Morgan fingerprint density at radius 3 is 2.85 bits per heavy atom. The third-order valence-electron chi connectivity index (χ3n) is 3.69. The van der Waals surface area contributed by atoms with Gasteiger partial charge in [0.15, 0.2) is 17.6 Å². The number of halogens is 2. The van der Waals surface area contributed by atoms with Gasteiger partial charge in [-0.1, -0.05) is 17.3 Å². The van der Waals surface area contributed by atoms with Crippen LogP contribution in [0.2, 0.25) is 0 Å². The van der Waals surface area contributed by atoms with E-state index in [0.717, 1.165) is 6.07 Å². The fourth-order valence-electron chi connectivity index (χ4n) is 2.37. The monoisotopic (exact) mass is 374 g/mol. The second-order valence-electron chi connectivity index (χ2n) is 5.62. The van der Waals surface area contributed by atoms with Crippen LogP contribution in [0.1, 0.15) is 11.7 Å². The number of nitrogens with two attached hydrogens (primary N) is 1. The number of rotatable bonds is 5. The second-order valence-corrected chi connectivity index (χ2v) is 5.62. The summed E-state index contributed by atoms with van der Waals surface area (Å²) in [5, 5.41) is 10.3. The van der Waals surface area contributed by atoms with Crippen LogP contribution in [0.15, 0.2) is 42.6 Å². The molecular formula is C17H16F2N6O2. The summed E-state index contributed by atoms with van der Waals surface area (Å²) in [6.07, 6.45) is -0.751. The lowest BCUT2D eigenvalue weighted by Crippen LogP contribution is -2.20. The molecule has 0 fully saturated rings. The van der Waals surface area contributed by atoms with E-state index < -0.39 is 24.7 Å². The van der Waals surface area contributed by atoms with Crippen LogP contribution >= 0.6 is 0 Å². The molecule has 0 unspecified atom stereocenters. The fraction of sp³-hybridized carbons (Fsp3) is 0.176. The van der Waals surface area contributed by atoms with Crippen LogP contribution < -0.4 is 11.1 Å². The number of carbonyl (C=O) groups is 1. The predicted molar refractivity (Wildman–Crippen MR) is 93.9 cm³/mol. The highest BCUT2D eigenvalue weighted by atomic mass is 19.1. The molecule has 2 heterocycles. The highest BCUT2D eigenvalue weighted by molar-refractivity contribution is 5.88. The Morgan fingerprint density at radius 2 is 2.19 bits per heavy atom. The molecular weight excluding hydrogens is 358 g/mol. The molecule has 1 amide bonds. The quantitative estimate of drug-likeness (QED) is 0.711. The number of alkyl halides is 1. The summed E-state index contributed by atoms with van der Waals surface area (Å²) >= 11 is 0. The van der Waals surface area contributed by atoms with Gasteiger partial charge in [0.2, 0.25) is 0 Å². The van der Waals surface area contributed by atoms with Gasteiger partial charge in [0.1, 0.15) is 12.5 Å². The molecule has 27 heavy (non-hydrogen) atoms. The van der Waals surface area contributed by atoms with Gasteiger partial charge in [-0.2, -0.15) is 0 Å². The molecule has 0 spiro atoms. The van der Waals surface area contributed by atoms with Crippen molar-refractivity contribution in [1.29, 1.82) is 0 Å². The van der Waals surface area contributed by atoms with Crippen molar-refractivity contribution < 1.29 is 18.3 Å². The van der Waals surface area contributed by atoms with E-state index >= 15 is 0 Å². The number of nitrogens with zero attached hydrogens (tertiary/aromatic N) is 4. The van der Waals surface area contributed by atoms with Crippen LogP contribution in [0.4, 0.5) is 25.1 Å². The van der Waals surface area contributed by atoms with Gasteiger partial charge in [-0.3, -0.25) is 10.3 Å². The van der Waals surface area contributed by atoms with Gasteiger partial charge in [-0.15, -0.1) is 5.10 Å². The third kappa shape index (κ3) is 4.17. The average Bonchev–Trinajstić information content (AvgIpc) is 3.01. The molecule has 0 bridgehead atoms. The maximum Gasteiger partial charge on any atom is 0.413 e. The second kappa shape index (κ2) is 7.77. The van der Waals surface area contributed by atoms with E-state index in [1.165, 1.54) is 29.1 Å². The standard InChI is InChI=1S/C17H16F2N6O2/c1-25-16(15(23-24-25)13-6-5-12(20)9-21-13)22-17(26)27-14(8-18)10-3-2-4-11(19)7-10/h2-7,9,14H,8,20H2,1H3,(H,22,26)/t14-/m1/s1. The summed E-state index contributed by atoms with van der Waals surface area (Å²) in [5.74, 6) is -0.350. The zero-order valence-corrected chi connectivity index (χ0v) is 14.3. The maximum atomic E-state index is 13.3. The van der Waals surface area contributed by atoms with E-state index in [0.29, 0.717) is 11.4 Å². The molecule has 0 aliphatic carbocycles. The average molecular weight is 374 g/mol. The van der Waals surface area contributed by atoms with E-state index in [1.807, 2.05) is 0 Å². The third-order valence-corrected chi connectivity index (χ3v) is 3.69. The number of hydrogen-bond acceptors (Lipinski definition) is 6. The Bertz CT molecular complexity index is 945. The summed E-state index contributed by atoms with van der Waals surface area (Å²) in [5.41, 5.74) is 7.00. The Kier molecular flexibility index (Phi) is 5.25. The number of aryl methyl sites for hydroxylation is 1. The summed E-state index contributed by atoms with van der Waals surface area (Å²) in [7, 11) is 1.56. The van der Waals surface area contributed by atoms with Gasteiger partial charge >= 0.3 is 6.09 Å². The number of hydrogen-bond donors (Lipinski definition) is 2. The van der Waals surface area contributed by atoms with E-state index in [4.69, 9.17) is 10.5 Å². The highest BCUT2D eigenvalue weighted by Gasteiger charge is 2.21. The minimum Gasteiger partial charge on any atom is -0.438 e. The fourth-order valence-corrected chi connectivity index (χ4v) is 2.37. The van der Waals surface area contributed by atoms with Crippen molar-refractivity contribution in [2.45, 2.75) is 6.10 Å². The van der Waals surface area contributed by atoms with Crippen LogP contribution in [0.25, 0.3) is 11.4 Å². The Balaban J connectivity index is 1.78. The van der Waals surface area contributed by atoms with Crippen LogP contribution in [0.5, 0.6) is 0 Å². The molecule has 1 atom stereocenters. The number of nitrogens with one attached hydrogen (secondary N) is 1. The van der Waals surface area contributed by atoms with Crippen LogP contribution in [0.3, 0.4) is 0 Å². The lowest BCUT2D eigenvalue weighted by atomic mass is 10.1. The van der Waals surface area contributed by atoms with Gasteiger partial charge in [0, 0.05) is 7.05 Å². The smallest absolute Gasteiger partial charge is 0.413 e. The Labute approximate surface area is 153 Å². The summed E-state index contributed by atoms with van der Waals surface area (Å²) in [4.78, 5) is 16.4. The van der Waals surface area contributed by atoms with Crippen molar-refractivity contribution in [3.63, 3.8) is 0 Å². The molecule has 2 aromatic heterocycles. The van der Waals surface area contributed by atoms with Crippen molar-refractivity contribution in [2.75, 3.05) is 17.7 Å². The van der Waals surface area contributed by atoms with E-state index in [-0.39, 0.29) is 17.1 Å². The Hall–Kier alpha value is -3.56. The summed E-state index contributed by atoms with van der Waals surface area (Å²) < 4.78 is 33.0. The number of nitrogen functional groups attached to an aromatic ring is 1. The number of benzene rings is 1. The van der Waals surface area contributed by atoms with Crippen LogP contribution in [-0.2, 0) is 11.8 Å². The van der Waals surface area contributed by atoms with E-state index in [2.05, 4.69) is 20.6 Å². The Morgan fingerprint density at radius 1 is 1.37 bits per heavy atom. The molecule has 140 valence electrons. The van der Waals surface area contributed by atoms with Crippen LogP contribution in [0, 0.1) is 5.82 Å². The first-order valence-electron chi connectivity index (χ1n) is 7.88. The molecule has 3 aromatic rings. The zero-order valence-electron chi connectivity index (χ0n) is 14.3. The molecule has 3 N–H and O–H groups in total. The first-order valence-corrected chi connectivity index (χ1v) is 7.88. The predicted octanol–water partition coefficient (Wildman–Crippen LogP) is 2.86. The normalized spacial score (nSPS) is 11.8. The van der Waals surface area contributed by atoms with Gasteiger partial charge < -0.3 is 10.5 Å². The number of anilines is 2. The van der Waals surface area contributed by atoms with Gasteiger partial charge in [-0.05, 0) is 29.8 Å². The van der Waals surface area contributed by atoms with Gasteiger partial charge in [-0.25, -0.2) is 18.3 Å². The molecule has 0 saturated carbocycles. The summed E-state index contributed by atoms with van der Waals surface area (Å²) in [6.45, 7) is -1.01. The molecule has 10 heteroatoms. The minimum absolute atomic E-state index is 0.203. The topological polar surface area (TPSA) is 108 Å². The van der Waals surface area contributed by atoms with Crippen molar-refractivity contribution in [3.05, 3.63) is 54.0 Å². The SMILES string of the molecule is Cn1nnc(-c2ccc(N)cn2)c1NC(=O)O[C@H](CF)c1cccc(F)c1. The first kappa shape index (κ1) is 18.2. The van der Waals surface area contributed by atoms with E-state index in [9.17, 15) is 13.6 Å². The lowest BCUT2D eigenvalue weighted by Gasteiger charge is -2.16. The summed E-state index contributed by atoms with van der Waals surface area (Å²) in [6, 6.07) is 8.44. The molecule has 8 nitrogen and oxygen atoms in total.